The summed E-state index contributed by atoms with van der Waals surface area (Å²) in [7, 11) is 1.58. The van der Waals surface area contributed by atoms with Gasteiger partial charge in [0, 0.05) is 36.3 Å². The lowest BCUT2D eigenvalue weighted by atomic mass is 10.2. The first-order chi connectivity index (χ1) is 12.5. The molecule has 26 heavy (non-hydrogen) atoms. The first kappa shape index (κ1) is 17.9. The van der Waals surface area contributed by atoms with Gasteiger partial charge in [0.1, 0.15) is 11.6 Å². The topological polar surface area (TPSA) is 69.6 Å². The van der Waals surface area contributed by atoms with Gasteiger partial charge in [-0.3, -0.25) is 4.99 Å². The molecule has 3 N–H and O–H groups in total. The molecule has 1 unspecified atom stereocenters. The molecule has 0 bridgehead atoms. The van der Waals surface area contributed by atoms with Gasteiger partial charge in [-0.2, -0.15) is 0 Å². The molecule has 7 heteroatoms. The summed E-state index contributed by atoms with van der Waals surface area (Å²) in [4.78, 5) is 6.93. The SMILES string of the molecule is COCC(C)Nc1ccc(N=Cc2c(O)[nH]c3ccc(F)cc23)cc1F. The molecule has 0 aliphatic heterocycles. The summed E-state index contributed by atoms with van der Waals surface area (Å²) in [5, 5.41) is 13.5. The van der Waals surface area contributed by atoms with Crippen LogP contribution in [0, 0.1) is 11.6 Å². The average molecular weight is 359 g/mol. The molecule has 0 aliphatic carbocycles. The van der Waals surface area contributed by atoms with Crippen LogP contribution >= 0.6 is 0 Å². The van der Waals surface area contributed by atoms with Crippen LogP contribution < -0.4 is 5.32 Å². The minimum Gasteiger partial charge on any atom is -0.494 e. The van der Waals surface area contributed by atoms with Gasteiger partial charge in [0.15, 0.2) is 5.88 Å². The maximum Gasteiger partial charge on any atom is 0.198 e. The van der Waals surface area contributed by atoms with Gasteiger partial charge in [-0.1, -0.05) is 0 Å². The molecule has 1 aromatic heterocycles. The molecule has 0 spiro atoms. The Hall–Kier alpha value is -2.93. The number of aromatic nitrogens is 1. The van der Waals surface area contributed by atoms with Gasteiger partial charge in [-0.15, -0.1) is 0 Å². The number of ether oxygens (including phenoxy) is 1. The first-order valence-electron chi connectivity index (χ1n) is 8.07. The van der Waals surface area contributed by atoms with Crippen LogP contribution in [0.5, 0.6) is 5.88 Å². The lowest BCUT2D eigenvalue weighted by molar-refractivity contribution is 0.190. The highest BCUT2D eigenvalue weighted by Gasteiger charge is 2.10. The van der Waals surface area contributed by atoms with Crippen molar-refractivity contribution in [2.75, 3.05) is 19.0 Å². The normalized spacial score (nSPS) is 12.8. The number of halogens is 2. The Labute approximate surface area is 149 Å². The van der Waals surface area contributed by atoms with E-state index in [0.717, 1.165) is 0 Å². The fourth-order valence-electron chi connectivity index (χ4n) is 2.70. The van der Waals surface area contributed by atoms with Crippen molar-refractivity contribution in [2.45, 2.75) is 13.0 Å². The van der Waals surface area contributed by atoms with Crippen LogP contribution in [-0.2, 0) is 4.74 Å². The van der Waals surface area contributed by atoms with Crippen molar-refractivity contribution in [1.82, 2.24) is 4.98 Å². The van der Waals surface area contributed by atoms with Crippen molar-refractivity contribution < 1.29 is 18.6 Å². The molecule has 1 atom stereocenters. The summed E-state index contributed by atoms with van der Waals surface area (Å²) in [6, 6.07) is 8.61. The maximum atomic E-state index is 14.2. The van der Waals surface area contributed by atoms with Gasteiger partial charge in [-0.05, 0) is 37.3 Å². The number of benzene rings is 2. The van der Waals surface area contributed by atoms with Crippen LogP contribution in [0.3, 0.4) is 0 Å². The second-order valence-electron chi connectivity index (χ2n) is 6.00. The lowest BCUT2D eigenvalue weighted by Gasteiger charge is -2.14. The number of aromatic amines is 1. The van der Waals surface area contributed by atoms with Gasteiger partial charge in [0.2, 0.25) is 0 Å². The zero-order valence-corrected chi connectivity index (χ0v) is 14.4. The highest BCUT2D eigenvalue weighted by molar-refractivity contribution is 6.02. The predicted molar refractivity (Wildman–Crippen MR) is 98.5 cm³/mol. The molecule has 3 aromatic rings. The smallest absolute Gasteiger partial charge is 0.198 e. The number of rotatable bonds is 6. The van der Waals surface area contributed by atoms with Crippen molar-refractivity contribution >= 4 is 28.5 Å². The Morgan fingerprint density at radius 3 is 2.81 bits per heavy atom. The number of hydrogen-bond acceptors (Lipinski definition) is 4. The third-order valence-corrected chi connectivity index (χ3v) is 3.89. The van der Waals surface area contributed by atoms with Gasteiger partial charge in [-0.25, -0.2) is 8.78 Å². The molecule has 1 heterocycles. The number of anilines is 1. The van der Waals surface area contributed by atoms with E-state index in [-0.39, 0.29) is 11.9 Å². The summed E-state index contributed by atoms with van der Waals surface area (Å²) in [5.74, 6) is -0.990. The van der Waals surface area contributed by atoms with Gasteiger partial charge in [0.25, 0.3) is 0 Å². The van der Waals surface area contributed by atoms with Crippen molar-refractivity contribution in [1.29, 1.82) is 0 Å². The molecule has 2 aromatic carbocycles. The third-order valence-electron chi connectivity index (χ3n) is 3.89. The average Bonchev–Trinajstić information content (AvgIpc) is 2.90. The second kappa shape index (κ2) is 7.53. The molecule has 0 radical (unpaired) electrons. The highest BCUT2D eigenvalue weighted by Crippen LogP contribution is 2.27. The summed E-state index contributed by atoms with van der Waals surface area (Å²) >= 11 is 0. The molecule has 5 nitrogen and oxygen atoms in total. The molecule has 3 rings (SSSR count). The van der Waals surface area contributed by atoms with E-state index in [9.17, 15) is 13.9 Å². The van der Waals surface area contributed by atoms with E-state index in [4.69, 9.17) is 4.74 Å². The van der Waals surface area contributed by atoms with Crippen LogP contribution in [0.25, 0.3) is 10.9 Å². The summed E-state index contributed by atoms with van der Waals surface area (Å²) in [6.07, 6.45) is 1.38. The molecule has 0 saturated carbocycles. The highest BCUT2D eigenvalue weighted by atomic mass is 19.1. The maximum absolute atomic E-state index is 14.2. The summed E-state index contributed by atoms with van der Waals surface area (Å²) in [6.45, 7) is 2.34. The number of aromatic hydroxyl groups is 1. The Balaban J connectivity index is 1.84. The monoisotopic (exact) mass is 359 g/mol. The Morgan fingerprint density at radius 2 is 2.08 bits per heavy atom. The van der Waals surface area contributed by atoms with Gasteiger partial charge < -0.3 is 20.1 Å². The molecule has 136 valence electrons. The quantitative estimate of drug-likeness (QED) is 0.573. The number of hydrogen-bond donors (Lipinski definition) is 3. The molecular formula is C19H19F2N3O2. The van der Waals surface area contributed by atoms with Gasteiger partial charge in [0.05, 0.1) is 23.5 Å². The molecule has 0 saturated heterocycles. The van der Waals surface area contributed by atoms with E-state index in [2.05, 4.69) is 15.3 Å². The zero-order valence-electron chi connectivity index (χ0n) is 14.4. The Morgan fingerprint density at radius 1 is 1.27 bits per heavy atom. The Kier molecular flexibility index (Phi) is 5.18. The number of fused-ring (bicyclic) bond motifs is 1. The number of nitrogens with one attached hydrogen (secondary N) is 2. The Bertz CT molecular complexity index is 953. The molecule has 0 aliphatic rings. The third kappa shape index (κ3) is 3.83. The van der Waals surface area contributed by atoms with E-state index in [0.29, 0.717) is 34.4 Å². The van der Waals surface area contributed by atoms with Crippen LogP contribution in [0.15, 0.2) is 41.4 Å². The summed E-state index contributed by atoms with van der Waals surface area (Å²) < 4.78 is 32.7. The van der Waals surface area contributed by atoms with Crippen molar-refractivity contribution in [2.24, 2.45) is 4.99 Å². The van der Waals surface area contributed by atoms with Crippen molar-refractivity contribution in [3.63, 3.8) is 0 Å². The minimum absolute atomic E-state index is 0.0399. The number of H-pyrrole nitrogens is 1. The predicted octanol–water partition coefficient (Wildman–Crippen LogP) is 4.35. The van der Waals surface area contributed by atoms with E-state index in [1.165, 1.54) is 30.5 Å². The van der Waals surface area contributed by atoms with Crippen LogP contribution in [0.1, 0.15) is 12.5 Å². The van der Waals surface area contributed by atoms with E-state index < -0.39 is 11.6 Å². The fraction of sp³-hybridized carbons (Fsp3) is 0.211. The second-order valence-corrected chi connectivity index (χ2v) is 6.00. The summed E-state index contributed by atoms with van der Waals surface area (Å²) in [5.41, 5.74) is 1.65. The van der Waals surface area contributed by atoms with Crippen LogP contribution in [0.2, 0.25) is 0 Å². The van der Waals surface area contributed by atoms with Crippen LogP contribution in [-0.4, -0.2) is 36.1 Å². The first-order valence-corrected chi connectivity index (χ1v) is 8.07. The molecule has 0 amide bonds. The largest absolute Gasteiger partial charge is 0.494 e. The van der Waals surface area contributed by atoms with E-state index >= 15 is 0 Å². The number of aliphatic imine (C=N–C) groups is 1. The van der Waals surface area contributed by atoms with Crippen molar-refractivity contribution in [3.8, 4) is 5.88 Å². The van der Waals surface area contributed by atoms with E-state index in [1.54, 1.807) is 19.2 Å². The number of methoxy groups -OCH3 is 1. The molecule has 0 fully saturated rings. The minimum atomic E-state index is -0.447. The standard InChI is InChI=1S/C19H19F2N3O2/c1-11(10-26-2)23-18-6-4-13(8-16(18)21)22-9-15-14-7-12(20)3-5-17(14)24-19(15)25/h3-9,11,23-25H,10H2,1-2H3. The van der Waals surface area contributed by atoms with Crippen molar-refractivity contribution in [3.05, 3.63) is 53.6 Å². The lowest BCUT2D eigenvalue weighted by Crippen LogP contribution is -2.21. The van der Waals surface area contributed by atoms with E-state index in [1.807, 2.05) is 6.92 Å². The number of nitrogens with zero attached hydrogens (tertiary/aromatic N) is 1. The fourth-order valence-corrected chi connectivity index (χ4v) is 2.70. The zero-order chi connectivity index (χ0) is 18.7. The molecular weight excluding hydrogens is 340 g/mol. The van der Waals surface area contributed by atoms with Gasteiger partial charge >= 0.3 is 0 Å². The van der Waals surface area contributed by atoms with Crippen LogP contribution in [0.4, 0.5) is 20.2 Å².